The van der Waals surface area contributed by atoms with E-state index in [9.17, 15) is 22.8 Å². The molecule has 0 spiro atoms. The molecular weight excluding hydrogens is 459 g/mol. The first kappa shape index (κ1) is 24.4. The highest BCUT2D eigenvalue weighted by Gasteiger charge is 2.33. The van der Waals surface area contributed by atoms with E-state index in [1.54, 1.807) is 20.8 Å². The van der Waals surface area contributed by atoms with Gasteiger partial charge in [0, 0.05) is 11.3 Å². The number of esters is 1. The molecule has 0 aliphatic carbocycles. The molecule has 3 aromatic rings. The van der Waals surface area contributed by atoms with E-state index in [0.29, 0.717) is 29.1 Å². The predicted molar refractivity (Wildman–Crippen MR) is 114 cm³/mol. The molecule has 1 aromatic carbocycles. The van der Waals surface area contributed by atoms with Crippen LogP contribution in [0.25, 0.3) is 5.69 Å². The van der Waals surface area contributed by atoms with Crippen LogP contribution >= 0.6 is 11.5 Å². The first-order valence-corrected chi connectivity index (χ1v) is 10.9. The van der Waals surface area contributed by atoms with Crippen molar-refractivity contribution in [2.75, 3.05) is 6.61 Å². The number of carbonyl (C=O) groups excluding carboxylic acids is 2. The van der Waals surface area contributed by atoms with E-state index in [1.807, 2.05) is 6.92 Å². The number of hydrogen-bond donors (Lipinski definition) is 1. The zero-order valence-electron chi connectivity index (χ0n) is 18.4. The number of nitrogens with one attached hydrogen (secondary N) is 1. The van der Waals surface area contributed by atoms with Gasteiger partial charge in [0.1, 0.15) is 4.88 Å². The Labute approximate surface area is 191 Å². The van der Waals surface area contributed by atoms with E-state index in [1.165, 1.54) is 16.8 Å². The van der Waals surface area contributed by atoms with Gasteiger partial charge in [-0.25, -0.2) is 9.48 Å². The number of ether oxygens (including phenoxy) is 1. The van der Waals surface area contributed by atoms with E-state index >= 15 is 0 Å². The molecule has 1 unspecified atom stereocenters. The van der Waals surface area contributed by atoms with Crippen molar-refractivity contribution in [2.45, 2.75) is 46.3 Å². The fourth-order valence-electron chi connectivity index (χ4n) is 3.42. The summed E-state index contributed by atoms with van der Waals surface area (Å²) >= 11 is 0.906. The van der Waals surface area contributed by atoms with Crippen LogP contribution in [-0.2, 0) is 22.1 Å². The number of carbonyl (C=O) groups is 2. The third-order valence-electron chi connectivity index (χ3n) is 4.95. The lowest BCUT2D eigenvalue weighted by molar-refractivity contribution is -0.145. The number of rotatable bonds is 7. The average molecular weight is 482 g/mol. The number of aromatic nitrogens is 4. The number of halogens is 3. The molecule has 0 aliphatic heterocycles. The molecule has 0 fully saturated rings. The largest absolute Gasteiger partial charge is 0.464 e. The molecule has 0 radical (unpaired) electrons. The van der Waals surface area contributed by atoms with Gasteiger partial charge in [-0.2, -0.15) is 18.3 Å². The maximum Gasteiger partial charge on any atom is 0.416 e. The molecule has 1 atom stereocenters. The van der Waals surface area contributed by atoms with E-state index < -0.39 is 29.7 Å². The van der Waals surface area contributed by atoms with Gasteiger partial charge in [0.15, 0.2) is 6.04 Å². The molecule has 0 bridgehead atoms. The Morgan fingerprint density at radius 3 is 2.61 bits per heavy atom. The maximum atomic E-state index is 13.2. The Balaban J connectivity index is 2.04. The number of benzene rings is 1. The van der Waals surface area contributed by atoms with Crippen molar-refractivity contribution in [3.05, 3.63) is 57.4 Å². The second-order valence-electron chi connectivity index (χ2n) is 7.11. The summed E-state index contributed by atoms with van der Waals surface area (Å²) in [7, 11) is 0. The molecule has 12 heteroatoms. The van der Waals surface area contributed by atoms with Crippen LogP contribution in [0, 0.1) is 13.8 Å². The lowest BCUT2D eigenvalue weighted by atomic mass is 10.0. The van der Waals surface area contributed by atoms with E-state index in [-0.39, 0.29) is 17.2 Å². The molecule has 8 nitrogen and oxygen atoms in total. The average Bonchev–Trinajstić information content (AvgIpc) is 3.36. The highest BCUT2D eigenvalue weighted by Crippen LogP contribution is 2.32. The van der Waals surface area contributed by atoms with Crippen molar-refractivity contribution in [1.82, 2.24) is 24.7 Å². The summed E-state index contributed by atoms with van der Waals surface area (Å²) in [6, 6.07) is 3.47. The molecule has 2 aromatic heterocycles. The molecule has 3 rings (SSSR count). The zero-order valence-corrected chi connectivity index (χ0v) is 19.2. The Hall–Kier alpha value is -3.28. The zero-order chi connectivity index (χ0) is 24.3. The summed E-state index contributed by atoms with van der Waals surface area (Å²) in [6.07, 6.45) is -4.04. The molecule has 176 valence electrons. The van der Waals surface area contributed by atoms with Gasteiger partial charge in [-0.3, -0.25) is 4.79 Å². The molecule has 1 amide bonds. The van der Waals surface area contributed by atoms with Crippen LogP contribution in [0.1, 0.15) is 57.8 Å². The van der Waals surface area contributed by atoms with Gasteiger partial charge < -0.3 is 10.1 Å². The summed E-state index contributed by atoms with van der Waals surface area (Å²) in [5, 5.41) is 10.9. The fraction of sp³-hybridized carbons (Fsp3) is 0.381. The smallest absolute Gasteiger partial charge is 0.416 e. The van der Waals surface area contributed by atoms with Crippen LogP contribution < -0.4 is 5.32 Å². The lowest BCUT2D eigenvalue weighted by Gasteiger charge is -2.18. The minimum absolute atomic E-state index is 0.0768. The summed E-state index contributed by atoms with van der Waals surface area (Å²) in [5.41, 5.74) is 0.937. The first-order chi connectivity index (χ1) is 15.6. The van der Waals surface area contributed by atoms with Crippen molar-refractivity contribution in [3.8, 4) is 5.69 Å². The molecule has 2 heterocycles. The minimum Gasteiger partial charge on any atom is -0.464 e. The standard InChI is InChI=1S/C21H22F3N5O3S/c1-5-15-18(33-28-26-15)19(30)25-17(20(31)32-6-2)16-11(3)27-29(12(16)4)14-9-7-8-13(10-14)21(22,23)24/h7-10,17H,5-6H2,1-4H3,(H,25,30). The fourth-order valence-corrected chi connectivity index (χ4v) is 4.07. The SMILES string of the molecule is CCOC(=O)C(NC(=O)c1snnc1CC)c1c(C)nn(-c2cccc(C(F)(F)F)c2)c1C. The summed E-state index contributed by atoms with van der Waals surface area (Å²) in [4.78, 5) is 26.0. The van der Waals surface area contributed by atoms with Gasteiger partial charge >= 0.3 is 12.1 Å². The molecule has 0 saturated heterocycles. The van der Waals surface area contributed by atoms with Gasteiger partial charge in [0.05, 0.1) is 29.2 Å². The van der Waals surface area contributed by atoms with Crippen LogP contribution in [-0.4, -0.2) is 37.9 Å². The van der Waals surface area contributed by atoms with Crippen LogP contribution in [0.15, 0.2) is 24.3 Å². The quantitative estimate of drug-likeness (QED) is 0.513. The van der Waals surface area contributed by atoms with Crippen molar-refractivity contribution < 1.29 is 27.5 Å². The van der Waals surface area contributed by atoms with E-state index in [4.69, 9.17) is 4.74 Å². The summed E-state index contributed by atoms with van der Waals surface area (Å²) < 4.78 is 49.8. The number of hydrogen-bond acceptors (Lipinski definition) is 7. The molecule has 1 N–H and O–H groups in total. The second kappa shape index (κ2) is 9.69. The van der Waals surface area contributed by atoms with Gasteiger partial charge in [-0.1, -0.05) is 17.5 Å². The predicted octanol–water partition coefficient (Wildman–Crippen LogP) is 3.96. The van der Waals surface area contributed by atoms with Gasteiger partial charge in [-0.15, -0.1) is 5.10 Å². The van der Waals surface area contributed by atoms with Crippen LogP contribution in [0.3, 0.4) is 0 Å². The van der Waals surface area contributed by atoms with Crippen molar-refractivity contribution in [2.24, 2.45) is 0 Å². The Kier molecular flexibility index (Phi) is 7.15. The Bertz CT molecular complexity index is 1170. The Morgan fingerprint density at radius 2 is 1.97 bits per heavy atom. The topological polar surface area (TPSA) is 99.0 Å². The number of amides is 1. The van der Waals surface area contributed by atoms with E-state index in [2.05, 4.69) is 20.0 Å². The van der Waals surface area contributed by atoms with E-state index in [0.717, 1.165) is 23.7 Å². The summed E-state index contributed by atoms with van der Waals surface area (Å²) in [5.74, 6) is -1.26. The van der Waals surface area contributed by atoms with Crippen LogP contribution in [0.4, 0.5) is 13.2 Å². The molecular formula is C21H22F3N5O3S. The molecule has 33 heavy (non-hydrogen) atoms. The van der Waals surface area contributed by atoms with Gasteiger partial charge in [0.25, 0.3) is 5.91 Å². The highest BCUT2D eigenvalue weighted by molar-refractivity contribution is 7.08. The highest BCUT2D eigenvalue weighted by atomic mass is 32.1. The third-order valence-corrected chi connectivity index (χ3v) is 5.72. The maximum absolute atomic E-state index is 13.2. The first-order valence-electron chi connectivity index (χ1n) is 10.1. The monoisotopic (exact) mass is 481 g/mol. The second-order valence-corrected chi connectivity index (χ2v) is 7.86. The minimum atomic E-state index is -4.52. The van der Waals surface area contributed by atoms with Crippen LogP contribution in [0.2, 0.25) is 0 Å². The lowest BCUT2D eigenvalue weighted by Crippen LogP contribution is -2.35. The molecule has 0 saturated carbocycles. The normalized spacial score (nSPS) is 12.5. The number of aryl methyl sites for hydroxylation is 2. The molecule has 0 aliphatic rings. The van der Waals surface area contributed by atoms with Crippen molar-refractivity contribution in [1.29, 1.82) is 0 Å². The Morgan fingerprint density at radius 1 is 1.24 bits per heavy atom. The van der Waals surface area contributed by atoms with Crippen molar-refractivity contribution in [3.63, 3.8) is 0 Å². The van der Waals surface area contributed by atoms with Crippen molar-refractivity contribution >= 4 is 23.4 Å². The number of nitrogens with zero attached hydrogens (tertiary/aromatic N) is 4. The summed E-state index contributed by atoms with van der Waals surface area (Å²) in [6.45, 7) is 6.75. The number of alkyl halides is 3. The third kappa shape index (κ3) is 5.05. The van der Waals surface area contributed by atoms with Crippen LogP contribution in [0.5, 0.6) is 0 Å². The van der Waals surface area contributed by atoms with Gasteiger partial charge in [0.2, 0.25) is 0 Å². The van der Waals surface area contributed by atoms with Gasteiger partial charge in [-0.05, 0) is 56.9 Å².